The van der Waals surface area contributed by atoms with E-state index in [2.05, 4.69) is 20.3 Å². The van der Waals surface area contributed by atoms with Crippen molar-refractivity contribution in [2.45, 2.75) is 19.5 Å². The molecule has 6 nitrogen and oxygen atoms in total. The summed E-state index contributed by atoms with van der Waals surface area (Å²) in [6.07, 6.45) is -0.330. The summed E-state index contributed by atoms with van der Waals surface area (Å²) in [4.78, 5) is 20.8. The molecule has 136 valence electrons. The van der Waals surface area contributed by atoms with Crippen molar-refractivity contribution in [1.29, 1.82) is 0 Å². The second-order valence-electron chi connectivity index (χ2n) is 5.60. The quantitative estimate of drug-likeness (QED) is 0.726. The standard InChI is InChI=1S/C17H15F3N4O2/c1-10(25)24-15-9-21-14-3-2-11(6-13(14)15)4-5-26-12-7-22-16(23-8-12)17(18,19)20/h2-3,6-9,21H,4-5H2,1H3,(H,24,25). The molecule has 0 fully saturated rings. The van der Waals surface area contributed by atoms with Gasteiger partial charge in [0.2, 0.25) is 11.7 Å². The van der Waals surface area contributed by atoms with Crippen molar-refractivity contribution in [2.75, 3.05) is 11.9 Å². The fourth-order valence-corrected chi connectivity index (χ4v) is 2.44. The average molecular weight is 364 g/mol. The molecule has 1 amide bonds. The first-order valence-corrected chi connectivity index (χ1v) is 7.72. The van der Waals surface area contributed by atoms with Gasteiger partial charge < -0.3 is 15.0 Å². The number of nitrogens with zero attached hydrogens (tertiary/aromatic N) is 2. The van der Waals surface area contributed by atoms with Crippen LogP contribution in [0.5, 0.6) is 5.75 Å². The van der Waals surface area contributed by atoms with Gasteiger partial charge in [-0.2, -0.15) is 13.2 Å². The molecule has 26 heavy (non-hydrogen) atoms. The van der Waals surface area contributed by atoms with Gasteiger partial charge in [-0.05, 0) is 17.7 Å². The molecule has 0 atom stereocenters. The van der Waals surface area contributed by atoms with Crippen LogP contribution < -0.4 is 10.1 Å². The minimum Gasteiger partial charge on any atom is -0.490 e. The molecule has 0 aliphatic carbocycles. The highest BCUT2D eigenvalue weighted by Gasteiger charge is 2.34. The number of nitrogens with one attached hydrogen (secondary N) is 2. The average Bonchev–Trinajstić information content (AvgIpc) is 2.96. The van der Waals surface area contributed by atoms with E-state index in [-0.39, 0.29) is 18.3 Å². The van der Waals surface area contributed by atoms with Crippen LogP contribution in [0.3, 0.4) is 0 Å². The van der Waals surface area contributed by atoms with E-state index in [1.54, 1.807) is 6.20 Å². The number of alkyl halides is 3. The van der Waals surface area contributed by atoms with Crippen molar-refractivity contribution >= 4 is 22.5 Å². The number of anilines is 1. The number of hydrogen-bond donors (Lipinski definition) is 2. The van der Waals surface area contributed by atoms with Gasteiger partial charge in [0.15, 0.2) is 5.75 Å². The van der Waals surface area contributed by atoms with E-state index in [9.17, 15) is 18.0 Å². The fraction of sp³-hybridized carbons (Fsp3) is 0.235. The smallest absolute Gasteiger partial charge is 0.451 e. The molecule has 1 aromatic carbocycles. The van der Waals surface area contributed by atoms with Crippen LogP contribution in [-0.4, -0.2) is 27.5 Å². The van der Waals surface area contributed by atoms with E-state index in [0.717, 1.165) is 28.9 Å². The number of halogens is 3. The van der Waals surface area contributed by atoms with E-state index in [4.69, 9.17) is 4.74 Å². The number of ether oxygens (including phenoxy) is 1. The highest BCUT2D eigenvalue weighted by Crippen LogP contribution is 2.26. The number of benzene rings is 1. The zero-order chi connectivity index (χ0) is 18.7. The topological polar surface area (TPSA) is 79.9 Å². The molecule has 0 aliphatic rings. The molecule has 0 bridgehead atoms. The van der Waals surface area contributed by atoms with Crippen LogP contribution in [0, 0.1) is 0 Å². The lowest BCUT2D eigenvalue weighted by Crippen LogP contribution is -2.11. The third kappa shape index (κ3) is 4.11. The summed E-state index contributed by atoms with van der Waals surface area (Å²) in [6.45, 7) is 1.68. The van der Waals surface area contributed by atoms with Gasteiger partial charge in [0.05, 0.1) is 24.7 Å². The lowest BCUT2D eigenvalue weighted by Gasteiger charge is -2.08. The maximum atomic E-state index is 12.4. The van der Waals surface area contributed by atoms with Crippen molar-refractivity contribution in [1.82, 2.24) is 15.0 Å². The minimum atomic E-state index is -4.57. The van der Waals surface area contributed by atoms with Gasteiger partial charge in [-0.15, -0.1) is 0 Å². The van der Waals surface area contributed by atoms with Crippen LogP contribution in [0.15, 0.2) is 36.8 Å². The Morgan fingerprint density at radius 3 is 2.65 bits per heavy atom. The summed E-state index contributed by atoms with van der Waals surface area (Å²) < 4.78 is 42.6. The predicted molar refractivity (Wildman–Crippen MR) is 88.8 cm³/mol. The molecule has 9 heteroatoms. The van der Waals surface area contributed by atoms with Gasteiger partial charge in [-0.3, -0.25) is 4.79 Å². The number of fused-ring (bicyclic) bond motifs is 1. The number of carbonyl (C=O) groups is 1. The Morgan fingerprint density at radius 1 is 1.27 bits per heavy atom. The Labute approximate surface area is 146 Å². The van der Waals surface area contributed by atoms with Crippen molar-refractivity contribution in [3.8, 4) is 5.75 Å². The molecular weight excluding hydrogens is 349 g/mol. The third-order valence-corrected chi connectivity index (χ3v) is 3.60. The first-order chi connectivity index (χ1) is 12.3. The summed E-state index contributed by atoms with van der Waals surface area (Å²) in [5.41, 5.74) is 2.53. The molecule has 2 aromatic heterocycles. The van der Waals surface area contributed by atoms with Crippen molar-refractivity contribution in [2.24, 2.45) is 0 Å². The minimum absolute atomic E-state index is 0.165. The number of H-pyrrole nitrogens is 1. The molecule has 0 saturated heterocycles. The fourth-order valence-electron chi connectivity index (χ4n) is 2.44. The van der Waals surface area contributed by atoms with Gasteiger partial charge in [0, 0.05) is 30.4 Å². The summed E-state index contributed by atoms with van der Waals surface area (Å²) in [6, 6.07) is 5.71. The second-order valence-corrected chi connectivity index (χ2v) is 5.60. The van der Waals surface area contributed by atoms with Gasteiger partial charge in [-0.1, -0.05) is 6.07 Å². The number of amides is 1. The highest BCUT2D eigenvalue weighted by molar-refractivity contribution is 6.01. The van der Waals surface area contributed by atoms with Crippen LogP contribution in [0.1, 0.15) is 18.3 Å². The summed E-state index contributed by atoms with van der Waals surface area (Å²) in [5, 5.41) is 3.62. The maximum Gasteiger partial charge on any atom is 0.451 e. The number of hydrogen-bond acceptors (Lipinski definition) is 4. The Hall–Kier alpha value is -3.10. The first-order valence-electron chi connectivity index (χ1n) is 7.72. The summed E-state index contributed by atoms with van der Waals surface area (Å²) in [5.74, 6) is -1.20. The molecule has 3 rings (SSSR count). The molecule has 0 spiro atoms. The van der Waals surface area contributed by atoms with E-state index >= 15 is 0 Å². The third-order valence-electron chi connectivity index (χ3n) is 3.60. The summed E-state index contributed by atoms with van der Waals surface area (Å²) in [7, 11) is 0. The number of aromatic amines is 1. The lowest BCUT2D eigenvalue weighted by atomic mass is 10.1. The maximum absolute atomic E-state index is 12.4. The van der Waals surface area contributed by atoms with Gasteiger partial charge in [-0.25, -0.2) is 9.97 Å². The first kappa shape index (κ1) is 17.7. The van der Waals surface area contributed by atoms with Gasteiger partial charge >= 0.3 is 6.18 Å². The Balaban J connectivity index is 1.63. The Kier molecular flexibility index (Phi) is 4.79. The number of rotatable bonds is 5. The molecule has 3 aromatic rings. The highest BCUT2D eigenvalue weighted by atomic mass is 19.4. The van der Waals surface area contributed by atoms with Crippen molar-refractivity contribution < 1.29 is 22.7 Å². The van der Waals surface area contributed by atoms with E-state index < -0.39 is 12.0 Å². The van der Waals surface area contributed by atoms with Gasteiger partial charge in [0.25, 0.3) is 0 Å². The summed E-state index contributed by atoms with van der Waals surface area (Å²) >= 11 is 0. The van der Waals surface area contributed by atoms with E-state index in [0.29, 0.717) is 12.1 Å². The normalized spacial score (nSPS) is 11.5. The van der Waals surface area contributed by atoms with Crippen LogP contribution >= 0.6 is 0 Å². The number of aromatic nitrogens is 3. The molecule has 0 radical (unpaired) electrons. The predicted octanol–water partition coefficient (Wildman–Crippen LogP) is 3.56. The lowest BCUT2D eigenvalue weighted by molar-refractivity contribution is -0.145. The number of carbonyl (C=O) groups excluding carboxylic acids is 1. The van der Waals surface area contributed by atoms with E-state index in [1.807, 2.05) is 18.2 Å². The molecule has 0 saturated carbocycles. The molecular formula is C17H15F3N4O2. The molecule has 0 aliphatic heterocycles. The van der Waals surface area contributed by atoms with Crippen LogP contribution in [0.25, 0.3) is 10.9 Å². The van der Waals surface area contributed by atoms with Crippen molar-refractivity contribution in [3.63, 3.8) is 0 Å². The SMILES string of the molecule is CC(=O)Nc1c[nH]c2ccc(CCOc3cnc(C(F)(F)F)nc3)cc12. The molecule has 0 unspecified atom stereocenters. The zero-order valence-corrected chi connectivity index (χ0v) is 13.7. The van der Waals surface area contributed by atoms with Crippen LogP contribution in [-0.2, 0) is 17.4 Å². The van der Waals surface area contributed by atoms with Crippen molar-refractivity contribution in [3.05, 3.63) is 48.2 Å². The van der Waals surface area contributed by atoms with E-state index in [1.165, 1.54) is 6.92 Å². The second kappa shape index (κ2) is 7.03. The van der Waals surface area contributed by atoms with Crippen LogP contribution in [0.2, 0.25) is 0 Å². The Morgan fingerprint density at radius 2 is 2.00 bits per heavy atom. The van der Waals surface area contributed by atoms with Gasteiger partial charge in [0.1, 0.15) is 0 Å². The molecule has 2 N–H and O–H groups in total. The monoisotopic (exact) mass is 364 g/mol. The Bertz CT molecular complexity index is 920. The zero-order valence-electron chi connectivity index (χ0n) is 13.7. The molecule has 2 heterocycles. The largest absolute Gasteiger partial charge is 0.490 e. The van der Waals surface area contributed by atoms with Crippen LogP contribution in [0.4, 0.5) is 18.9 Å².